The molecule has 0 bridgehead atoms. The lowest BCUT2D eigenvalue weighted by Gasteiger charge is -2.23. The minimum absolute atomic E-state index is 0.0247. The number of hydrogen-bond donors (Lipinski definition) is 1. The van der Waals surface area contributed by atoms with Gasteiger partial charge in [0.05, 0.1) is 11.6 Å². The highest BCUT2D eigenvalue weighted by Gasteiger charge is 2.17. The zero-order valence-corrected chi connectivity index (χ0v) is 14.1. The monoisotopic (exact) mass is 358 g/mol. The van der Waals surface area contributed by atoms with Gasteiger partial charge in [0.1, 0.15) is 0 Å². The highest BCUT2D eigenvalue weighted by molar-refractivity contribution is 9.10. The number of carbonyl (C=O) groups is 1. The summed E-state index contributed by atoms with van der Waals surface area (Å²) in [6, 6.07) is 5.61. The molecule has 1 rings (SSSR count). The summed E-state index contributed by atoms with van der Waals surface area (Å²) < 4.78 is 6.01. The molecule has 0 aromatic heterocycles. The fraction of sp³-hybridized carbons (Fsp3) is 0.429. The van der Waals surface area contributed by atoms with Crippen LogP contribution in [0.3, 0.4) is 0 Å². The standard InChI is InChI=1S/C14H19BrN2O2S/c1-10-9-11(15)3-4-12(10)14(18)17(7-8-19-2)6-5-13(16)20/h3-4,9H,5-8H2,1-2H3,(H2,16,20). The van der Waals surface area contributed by atoms with Crippen LogP contribution in [0.25, 0.3) is 0 Å². The molecule has 4 nitrogen and oxygen atoms in total. The predicted octanol–water partition coefficient (Wildman–Crippen LogP) is 2.52. The molecule has 1 amide bonds. The Hall–Kier alpha value is -0.980. The highest BCUT2D eigenvalue weighted by Crippen LogP contribution is 2.17. The van der Waals surface area contributed by atoms with Crippen molar-refractivity contribution in [2.24, 2.45) is 5.73 Å². The number of methoxy groups -OCH3 is 1. The number of nitrogens with two attached hydrogens (primary N) is 1. The second kappa shape index (κ2) is 8.34. The molecule has 0 heterocycles. The first kappa shape index (κ1) is 17.1. The third-order valence-electron chi connectivity index (χ3n) is 2.90. The molecule has 0 atom stereocenters. The van der Waals surface area contributed by atoms with Crippen molar-refractivity contribution in [2.45, 2.75) is 13.3 Å². The third kappa shape index (κ3) is 5.19. The van der Waals surface area contributed by atoms with E-state index in [-0.39, 0.29) is 5.91 Å². The normalized spacial score (nSPS) is 10.3. The second-order valence-corrected chi connectivity index (χ2v) is 5.90. The maximum Gasteiger partial charge on any atom is 0.254 e. The summed E-state index contributed by atoms with van der Waals surface area (Å²) in [5.74, 6) is -0.0247. The van der Waals surface area contributed by atoms with Crippen molar-refractivity contribution in [2.75, 3.05) is 26.8 Å². The summed E-state index contributed by atoms with van der Waals surface area (Å²) in [7, 11) is 1.61. The van der Waals surface area contributed by atoms with Gasteiger partial charge in [-0.05, 0) is 30.7 Å². The van der Waals surface area contributed by atoms with Crippen LogP contribution < -0.4 is 5.73 Å². The van der Waals surface area contributed by atoms with Gasteiger partial charge >= 0.3 is 0 Å². The number of rotatable bonds is 7. The zero-order valence-electron chi connectivity index (χ0n) is 11.7. The Labute approximate surface area is 133 Å². The number of benzene rings is 1. The molecule has 0 radical (unpaired) electrons. The van der Waals surface area contributed by atoms with Crippen LogP contribution in [-0.2, 0) is 4.74 Å². The largest absolute Gasteiger partial charge is 0.393 e. The molecule has 0 fully saturated rings. The van der Waals surface area contributed by atoms with Gasteiger partial charge < -0.3 is 15.4 Å². The number of thiocarbonyl (C=S) groups is 1. The van der Waals surface area contributed by atoms with Gasteiger partial charge in [-0.15, -0.1) is 0 Å². The van der Waals surface area contributed by atoms with Gasteiger partial charge in [0.15, 0.2) is 0 Å². The van der Waals surface area contributed by atoms with E-state index in [4.69, 9.17) is 22.7 Å². The van der Waals surface area contributed by atoms with Gasteiger partial charge in [0.25, 0.3) is 5.91 Å². The molecule has 20 heavy (non-hydrogen) atoms. The fourth-order valence-corrected chi connectivity index (χ4v) is 2.37. The summed E-state index contributed by atoms with van der Waals surface area (Å²) in [6.45, 7) is 3.43. The maximum absolute atomic E-state index is 12.6. The maximum atomic E-state index is 12.6. The Kier molecular flexibility index (Phi) is 7.12. The van der Waals surface area contributed by atoms with E-state index >= 15 is 0 Å². The van der Waals surface area contributed by atoms with Crippen LogP contribution in [0.4, 0.5) is 0 Å². The summed E-state index contributed by atoms with van der Waals surface area (Å²) in [4.78, 5) is 14.7. The van der Waals surface area contributed by atoms with E-state index in [2.05, 4.69) is 15.9 Å². The number of amides is 1. The molecule has 0 aliphatic carbocycles. The molecule has 0 aliphatic heterocycles. The minimum atomic E-state index is -0.0247. The van der Waals surface area contributed by atoms with E-state index < -0.39 is 0 Å². The topological polar surface area (TPSA) is 55.6 Å². The molecule has 0 aliphatic rings. The van der Waals surface area contributed by atoms with Gasteiger partial charge in [0.2, 0.25) is 0 Å². The van der Waals surface area contributed by atoms with Crippen LogP contribution in [0.15, 0.2) is 22.7 Å². The number of ether oxygens (including phenoxy) is 1. The average molecular weight is 359 g/mol. The molecular weight excluding hydrogens is 340 g/mol. The molecular formula is C14H19BrN2O2S. The molecule has 2 N–H and O–H groups in total. The Morgan fingerprint density at radius 3 is 2.70 bits per heavy atom. The van der Waals surface area contributed by atoms with E-state index in [9.17, 15) is 4.79 Å². The molecule has 0 unspecified atom stereocenters. The van der Waals surface area contributed by atoms with Gasteiger partial charge in [-0.3, -0.25) is 4.79 Å². The molecule has 6 heteroatoms. The summed E-state index contributed by atoms with van der Waals surface area (Å²) in [5.41, 5.74) is 7.13. The average Bonchev–Trinajstić information content (AvgIpc) is 2.38. The van der Waals surface area contributed by atoms with Crippen molar-refractivity contribution < 1.29 is 9.53 Å². The van der Waals surface area contributed by atoms with Crippen LogP contribution in [0.1, 0.15) is 22.3 Å². The zero-order chi connectivity index (χ0) is 15.1. The molecule has 110 valence electrons. The number of carbonyl (C=O) groups excluding carboxylic acids is 1. The van der Waals surface area contributed by atoms with Gasteiger partial charge in [0, 0.05) is 36.7 Å². The van der Waals surface area contributed by atoms with E-state index in [1.165, 1.54) is 0 Å². The van der Waals surface area contributed by atoms with Crippen LogP contribution in [0.5, 0.6) is 0 Å². The molecule has 1 aromatic carbocycles. The third-order valence-corrected chi connectivity index (χ3v) is 3.60. The molecule has 0 saturated carbocycles. The molecule has 0 saturated heterocycles. The van der Waals surface area contributed by atoms with Crippen molar-refractivity contribution >= 4 is 39.0 Å². The van der Waals surface area contributed by atoms with Gasteiger partial charge in [-0.25, -0.2) is 0 Å². The molecule has 1 aromatic rings. The first-order chi connectivity index (χ1) is 9.45. The first-order valence-electron chi connectivity index (χ1n) is 6.28. The Morgan fingerprint density at radius 2 is 2.15 bits per heavy atom. The van der Waals surface area contributed by atoms with Crippen LogP contribution in [0, 0.1) is 6.92 Å². The van der Waals surface area contributed by atoms with Crippen LogP contribution >= 0.6 is 28.1 Å². The van der Waals surface area contributed by atoms with Crippen molar-refractivity contribution in [1.82, 2.24) is 4.90 Å². The van der Waals surface area contributed by atoms with E-state index in [1.54, 1.807) is 12.0 Å². The predicted molar refractivity (Wildman–Crippen MR) is 88.1 cm³/mol. The molecule has 0 spiro atoms. The van der Waals surface area contributed by atoms with Gasteiger partial charge in [-0.1, -0.05) is 28.1 Å². The highest BCUT2D eigenvalue weighted by atomic mass is 79.9. The quantitative estimate of drug-likeness (QED) is 0.760. The van der Waals surface area contributed by atoms with Crippen molar-refractivity contribution in [1.29, 1.82) is 0 Å². The lowest BCUT2D eigenvalue weighted by atomic mass is 10.1. The van der Waals surface area contributed by atoms with Crippen molar-refractivity contribution in [3.8, 4) is 0 Å². The van der Waals surface area contributed by atoms with Crippen molar-refractivity contribution in [3.63, 3.8) is 0 Å². The van der Waals surface area contributed by atoms with Gasteiger partial charge in [-0.2, -0.15) is 0 Å². The van der Waals surface area contributed by atoms with E-state index in [0.717, 1.165) is 10.0 Å². The van der Waals surface area contributed by atoms with Crippen LogP contribution in [0.2, 0.25) is 0 Å². The summed E-state index contributed by atoms with van der Waals surface area (Å²) >= 11 is 8.27. The lowest BCUT2D eigenvalue weighted by molar-refractivity contribution is 0.0700. The number of nitrogens with zero attached hydrogens (tertiary/aromatic N) is 1. The summed E-state index contributed by atoms with van der Waals surface area (Å²) in [5, 5.41) is 0. The van der Waals surface area contributed by atoms with E-state index in [0.29, 0.717) is 36.7 Å². The van der Waals surface area contributed by atoms with Crippen molar-refractivity contribution in [3.05, 3.63) is 33.8 Å². The van der Waals surface area contributed by atoms with Crippen LogP contribution in [-0.4, -0.2) is 42.6 Å². The fourth-order valence-electron chi connectivity index (χ4n) is 1.80. The first-order valence-corrected chi connectivity index (χ1v) is 7.48. The minimum Gasteiger partial charge on any atom is -0.393 e. The van der Waals surface area contributed by atoms with E-state index in [1.807, 2.05) is 25.1 Å². The number of hydrogen-bond acceptors (Lipinski definition) is 3. The SMILES string of the molecule is COCCN(CCC(N)=S)C(=O)c1ccc(Br)cc1C. The second-order valence-electron chi connectivity index (χ2n) is 4.46. The Balaban J connectivity index is 2.87. The Morgan fingerprint density at radius 1 is 1.45 bits per heavy atom. The summed E-state index contributed by atoms with van der Waals surface area (Å²) in [6.07, 6.45) is 0.514. The smallest absolute Gasteiger partial charge is 0.254 e. The Bertz CT molecular complexity index is 494. The number of halogens is 1. The lowest BCUT2D eigenvalue weighted by Crippen LogP contribution is -2.36. The number of aryl methyl sites for hydroxylation is 1.